The van der Waals surface area contributed by atoms with Gasteiger partial charge in [0.05, 0.1) is 18.4 Å². The molecule has 0 atom stereocenters. The molecule has 1 aliphatic rings. The summed E-state index contributed by atoms with van der Waals surface area (Å²) in [5.74, 6) is -0.122. The average molecular weight is 209 g/mol. The molecule has 2 rings (SSSR count). The van der Waals surface area contributed by atoms with Crippen LogP contribution >= 0.6 is 0 Å². The van der Waals surface area contributed by atoms with Crippen molar-refractivity contribution >= 4 is 5.91 Å². The summed E-state index contributed by atoms with van der Waals surface area (Å²) in [6.07, 6.45) is 5.20. The maximum atomic E-state index is 11.6. The van der Waals surface area contributed by atoms with E-state index in [0.29, 0.717) is 12.1 Å². The van der Waals surface area contributed by atoms with Crippen LogP contribution in [0.3, 0.4) is 0 Å². The Morgan fingerprint density at radius 1 is 1.73 bits per heavy atom. The summed E-state index contributed by atoms with van der Waals surface area (Å²) in [4.78, 5) is 11.6. The second-order valence-corrected chi connectivity index (χ2v) is 4.24. The number of carbonyl (C=O) groups is 1. The Hall–Kier alpha value is -1.36. The standard InChI is InChI=1S/C10H15N3O2/c1-13-5-8(4-12-13)9(15)11-6-10(7-14)2-3-10/h4-5,14H,2-3,6-7H2,1H3,(H,11,15). The molecule has 1 aromatic rings. The van der Waals surface area contributed by atoms with Gasteiger partial charge in [-0.25, -0.2) is 0 Å². The number of aliphatic hydroxyl groups is 1. The molecule has 82 valence electrons. The van der Waals surface area contributed by atoms with E-state index in [0.717, 1.165) is 12.8 Å². The topological polar surface area (TPSA) is 67.2 Å². The molecule has 5 nitrogen and oxygen atoms in total. The van der Waals surface area contributed by atoms with Gasteiger partial charge in [0.1, 0.15) is 0 Å². The van der Waals surface area contributed by atoms with E-state index < -0.39 is 0 Å². The first-order valence-corrected chi connectivity index (χ1v) is 5.03. The molecule has 1 fully saturated rings. The molecule has 2 N–H and O–H groups in total. The predicted octanol–water partition coefficient (Wildman–Crippen LogP) is -0.0776. The lowest BCUT2D eigenvalue weighted by molar-refractivity contribution is 0.0935. The zero-order chi connectivity index (χ0) is 10.9. The van der Waals surface area contributed by atoms with Crippen LogP contribution in [-0.2, 0) is 7.05 Å². The van der Waals surface area contributed by atoms with Crippen molar-refractivity contribution < 1.29 is 9.90 Å². The van der Waals surface area contributed by atoms with Crippen LogP contribution in [0.4, 0.5) is 0 Å². The van der Waals surface area contributed by atoms with E-state index in [9.17, 15) is 4.79 Å². The minimum Gasteiger partial charge on any atom is -0.396 e. The van der Waals surface area contributed by atoms with Crippen molar-refractivity contribution in [3.05, 3.63) is 18.0 Å². The lowest BCUT2D eigenvalue weighted by Crippen LogP contribution is -2.31. The summed E-state index contributed by atoms with van der Waals surface area (Å²) in [5.41, 5.74) is 0.518. The smallest absolute Gasteiger partial charge is 0.254 e. The lowest BCUT2D eigenvalue weighted by Gasteiger charge is -2.11. The number of amides is 1. The number of hydrogen-bond donors (Lipinski definition) is 2. The first kappa shape index (κ1) is 10.2. The van der Waals surface area contributed by atoms with Crippen molar-refractivity contribution in [3.63, 3.8) is 0 Å². The van der Waals surface area contributed by atoms with E-state index in [1.807, 2.05) is 0 Å². The van der Waals surface area contributed by atoms with Crippen LogP contribution in [0, 0.1) is 5.41 Å². The first-order valence-electron chi connectivity index (χ1n) is 5.03. The van der Waals surface area contributed by atoms with Crippen molar-refractivity contribution in [1.82, 2.24) is 15.1 Å². The lowest BCUT2D eigenvalue weighted by atomic mass is 10.1. The molecule has 1 aliphatic carbocycles. The third-order valence-corrected chi connectivity index (χ3v) is 2.88. The van der Waals surface area contributed by atoms with Crippen molar-refractivity contribution in [2.45, 2.75) is 12.8 Å². The highest BCUT2D eigenvalue weighted by molar-refractivity contribution is 5.93. The Labute approximate surface area is 88.1 Å². The van der Waals surface area contributed by atoms with Gasteiger partial charge in [0.2, 0.25) is 0 Å². The molecule has 0 saturated heterocycles. The Kier molecular flexibility index (Phi) is 2.48. The van der Waals surface area contributed by atoms with Gasteiger partial charge in [-0.05, 0) is 12.8 Å². The number of aromatic nitrogens is 2. The molecular formula is C10H15N3O2. The van der Waals surface area contributed by atoms with Gasteiger partial charge in [-0.15, -0.1) is 0 Å². The van der Waals surface area contributed by atoms with Crippen LogP contribution in [-0.4, -0.2) is 33.9 Å². The van der Waals surface area contributed by atoms with Crippen LogP contribution in [0.5, 0.6) is 0 Å². The molecule has 0 aliphatic heterocycles. The van der Waals surface area contributed by atoms with Gasteiger partial charge in [-0.1, -0.05) is 0 Å². The second-order valence-electron chi connectivity index (χ2n) is 4.24. The Morgan fingerprint density at radius 3 is 2.93 bits per heavy atom. The van der Waals surface area contributed by atoms with Crippen LogP contribution in [0.15, 0.2) is 12.4 Å². The molecule has 1 saturated carbocycles. The number of aryl methyl sites for hydroxylation is 1. The number of nitrogens with zero attached hydrogens (tertiary/aromatic N) is 2. The summed E-state index contributed by atoms with van der Waals surface area (Å²) in [5, 5.41) is 15.8. The fraction of sp³-hybridized carbons (Fsp3) is 0.600. The van der Waals surface area contributed by atoms with Gasteiger partial charge < -0.3 is 10.4 Å². The number of carbonyl (C=O) groups excluding carboxylic acids is 1. The maximum Gasteiger partial charge on any atom is 0.254 e. The molecule has 5 heteroatoms. The fourth-order valence-electron chi connectivity index (χ4n) is 1.48. The van der Waals surface area contributed by atoms with Crippen molar-refractivity contribution in [3.8, 4) is 0 Å². The van der Waals surface area contributed by atoms with Gasteiger partial charge >= 0.3 is 0 Å². The Morgan fingerprint density at radius 2 is 2.47 bits per heavy atom. The molecular weight excluding hydrogens is 194 g/mol. The van der Waals surface area contributed by atoms with Gasteiger partial charge in [0.25, 0.3) is 5.91 Å². The Balaban J connectivity index is 1.88. The summed E-state index contributed by atoms with van der Waals surface area (Å²) in [7, 11) is 1.77. The fourth-order valence-corrected chi connectivity index (χ4v) is 1.48. The number of aliphatic hydroxyl groups excluding tert-OH is 1. The summed E-state index contributed by atoms with van der Waals surface area (Å²) < 4.78 is 1.59. The summed E-state index contributed by atoms with van der Waals surface area (Å²) in [6.45, 7) is 0.706. The van der Waals surface area contributed by atoms with Gasteiger partial charge in [0.15, 0.2) is 0 Å². The highest BCUT2D eigenvalue weighted by atomic mass is 16.3. The van der Waals surface area contributed by atoms with Crippen molar-refractivity contribution in [1.29, 1.82) is 0 Å². The van der Waals surface area contributed by atoms with E-state index in [-0.39, 0.29) is 17.9 Å². The van der Waals surface area contributed by atoms with Crippen LogP contribution in [0.25, 0.3) is 0 Å². The van der Waals surface area contributed by atoms with E-state index in [4.69, 9.17) is 5.11 Å². The summed E-state index contributed by atoms with van der Waals surface area (Å²) in [6, 6.07) is 0. The van der Waals surface area contributed by atoms with Gasteiger partial charge in [-0.2, -0.15) is 5.10 Å². The van der Waals surface area contributed by atoms with E-state index in [2.05, 4.69) is 10.4 Å². The van der Waals surface area contributed by atoms with Crippen molar-refractivity contribution in [2.75, 3.05) is 13.2 Å². The van der Waals surface area contributed by atoms with Crippen LogP contribution in [0.1, 0.15) is 23.2 Å². The molecule has 0 spiro atoms. The predicted molar refractivity (Wildman–Crippen MR) is 54.3 cm³/mol. The molecule has 0 bridgehead atoms. The second kappa shape index (κ2) is 3.66. The molecule has 1 aromatic heterocycles. The number of hydrogen-bond acceptors (Lipinski definition) is 3. The first-order chi connectivity index (χ1) is 7.15. The summed E-state index contributed by atoms with van der Waals surface area (Å²) >= 11 is 0. The highest BCUT2D eigenvalue weighted by Crippen LogP contribution is 2.44. The normalized spacial score (nSPS) is 17.5. The molecule has 0 aromatic carbocycles. The SMILES string of the molecule is Cn1cc(C(=O)NCC2(CO)CC2)cn1. The van der Waals surface area contributed by atoms with E-state index in [1.165, 1.54) is 6.20 Å². The van der Waals surface area contributed by atoms with E-state index >= 15 is 0 Å². The third kappa shape index (κ3) is 2.18. The van der Waals surface area contributed by atoms with E-state index in [1.54, 1.807) is 17.9 Å². The highest BCUT2D eigenvalue weighted by Gasteiger charge is 2.42. The Bertz CT molecular complexity index is 368. The average Bonchev–Trinajstić information content (AvgIpc) is 2.90. The zero-order valence-electron chi connectivity index (χ0n) is 8.73. The maximum absolute atomic E-state index is 11.6. The minimum atomic E-state index is -0.122. The quantitative estimate of drug-likeness (QED) is 0.729. The van der Waals surface area contributed by atoms with Gasteiger partial charge in [-0.3, -0.25) is 9.48 Å². The van der Waals surface area contributed by atoms with Crippen molar-refractivity contribution in [2.24, 2.45) is 12.5 Å². The largest absolute Gasteiger partial charge is 0.396 e. The van der Waals surface area contributed by atoms with Crippen LogP contribution in [0.2, 0.25) is 0 Å². The number of nitrogens with one attached hydrogen (secondary N) is 1. The monoisotopic (exact) mass is 209 g/mol. The molecule has 15 heavy (non-hydrogen) atoms. The molecule has 1 amide bonds. The molecule has 0 unspecified atom stereocenters. The minimum absolute atomic E-state index is 0.0438. The molecule has 1 heterocycles. The molecule has 0 radical (unpaired) electrons. The zero-order valence-corrected chi connectivity index (χ0v) is 8.73. The third-order valence-electron chi connectivity index (χ3n) is 2.88. The number of rotatable bonds is 4. The van der Waals surface area contributed by atoms with Gasteiger partial charge in [0, 0.05) is 25.2 Å². The van der Waals surface area contributed by atoms with Crippen LogP contribution < -0.4 is 5.32 Å².